The van der Waals surface area contributed by atoms with E-state index in [2.05, 4.69) is 61.6 Å². The quantitative estimate of drug-likeness (QED) is 0.288. The van der Waals surface area contributed by atoms with Gasteiger partial charge in [0.2, 0.25) is 0 Å². The van der Waals surface area contributed by atoms with Gasteiger partial charge in [0, 0.05) is 5.88 Å². The smallest absolute Gasteiger partial charge is 0.307 e. The van der Waals surface area contributed by atoms with Crippen molar-refractivity contribution in [1.29, 1.82) is 0 Å². The number of hydrogen-bond donors (Lipinski definition) is 1. The van der Waals surface area contributed by atoms with Crippen molar-refractivity contribution in [3.05, 3.63) is 60.8 Å². The summed E-state index contributed by atoms with van der Waals surface area (Å²) in [5.74, 6) is -1.06. The molecule has 1 atom stereocenters. The summed E-state index contributed by atoms with van der Waals surface area (Å²) in [4.78, 5) is 10.8. The first kappa shape index (κ1) is 22.5. The van der Waals surface area contributed by atoms with E-state index in [0.717, 1.165) is 38.5 Å². The van der Waals surface area contributed by atoms with Gasteiger partial charge in [0.25, 0.3) is 0 Å². The number of carboxylic acids is 1. The summed E-state index contributed by atoms with van der Waals surface area (Å²) in [6.45, 7) is 2.14. The Kier molecular flexibility index (Phi) is 16.7. The summed E-state index contributed by atoms with van der Waals surface area (Å²) in [5.41, 5.74) is 0. The molecule has 2 nitrogen and oxygen atoms in total. The third-order valence-electron chi connectivity index (χ3n) is 3.37. The van der Waals surface area contributed by atoms with E-state index in [1.807, 2.05) is 6.08 Å². The number of carbonyl (C=O) groups is 1. The fourth-order valence-corrected chi connectivity index (χ4v) is 2.22. The summed E-state index contributed by atoms with van der Waals surface area (Å²) in [6.07, 6.45) is 27.8. The normalized spacial score (nSPS) is 14.1. The molecule has 0 aromatic heterocycles. The van der Waals surface area contributed by atoms with Crippen LogP contribution in [0.4, 0.5) is 0 Å². The number of allylic oxidation sites excluding steroid dienone is 10. The standard InChI is InChI=1S/C21H31ClO2/c1-2-3-4-5-6-7-8-9-10-11-12-13-14-15-16-17-18-20(19-22)21(23)24/h3-4,6-7,9-10,12-13,15-16,20H,2,5,8,11,14,17-19H2,1H3,(H,23,24)/b4-3-,7-6-,10-9-,13-12-,16-15-. The molecule has 1 N–H and O–H groups in total. The van der Waals surface area contributed by atoms with E-state index in [-0.39, 0.29) is 5.88 Å². The van der Waals surface area contributed by atoms with Crippen LogP contribution in [0, 0.1) is 5.92 Å². The molecule has 0 radical (unpaired) electrons. The molecule has 134 valence electrons. The van der Waals surface area contributed by atoms with Crippen molar-refractivity contribution in [2.45, 2.75) is 51.9 Å². The first-order chi connectivity index (χ1) is 11.7. The van der Waals surface area contributed by atoms with Crippen molar-refractivity contribution in [2.24, 2.45) is 5.92 Å². The van der Waals surface area contributed by atoms with Crippen LogP contribution in [-0.4, -0.2) is 17.0 Å². The summed E-state index contributed by atoms with van der Waals surface area (Å²) < 4.78 is 0. The molecule has 24 heavy (non-hydrogen) atoms. The lowest BCUT2D eigenvalue weighted by Crippen LogP contribution is -2.14. The van der Waals surface area contributed by atoms with Gasteiger partial charge in [-0.3, -0.25) is 4.79 Å². The Balaban J connectivity index is 3.61. The van der Waals surface area contributed by atoms with Crippen LogP contribution in [0.5, 0.6) is 0 Å². The predicted molar refractivity (Wildman–Crippen MR) is 106 cm³/mol. The summed E-state index contributed by atoms with van der Waals surface area (Å²) in [6, 6.07) is 0. The number of rotatable bonds is 14. The maximum atomic E-state index is 10.8. The predicted octanol–water partition coefficient (Wildman–Crippen LogP) is 6.46. The van der Waals surface area contributed by atoms with E-state index in [9.17, 15) is 4.79 Å². The Morgan fingerprint density at radius 3 is 1.62 bits per heavy atom. The Labute approximate surface area is 152 Å². The molecular formula is C21H31ClO2. The van der Waals surface area contributed by atoms with Crippen LogP contribution in [0.2, 0.25) is 0 Å². The SMILES string of the molecule is CC/C=C\C/C=C\C/C=C\C/C=C\C/C=C\CCC(CCl)C(=O)O. The number of alkyl halides is 1. The summed E-state index contributed by atoms with van der Waals surface area (Å²) >= 11 is 5.60. The van der Waals surface area contributed by atoms with Gasteiger partial charge in [-0.1, -0.05) is 67.7 Å². The maximum absolute atomic E-state index is 10.8. The number of carboxylic acid groups (broad SMARTS) is 1. The zero-order chi connectivity index (χ0) is 17.9. The Morgan fingerprint density at radius 2 is 1.25 bits per heavy atom. The molecule has 0 aromatic rings. The summed E-state index contributed by atoms with van der Waals surface area (Å²) in [5, 5.41) is 8.87. The molecule has 3 heteroatoms. The van der Waals surface area contributed by atoms with Gasteiger partial charge in [-0.05, 0) is 44.9 Å². The van der Waals surface area contributed by atoms with Crippen LogP contribution in [-0.2, 0) is 4.79 Å². The van der Waals surface area contributed by atoms with Crippen molar-refractivity contribution >= 4 is 17.6 Å². The fraction of sp³-hybridized carbons (Fsp3) is 0.476. The molecule has 0 rings (SSSR count). The average Bonchev–Trinajstić information content (AvgIpc) is 2.57. The minimum atomic E-state index is -0.808. The molecule has 1 unspecified atom stereocenters. The van der Waals surface area contributed by atoms with Gasteiger partial charge < -0.3 is 5.11 Å². The lowest BCUT2D eigenvalue weighted by atomic mass is 10.1. The first-order valence-corrected chi connectivity index (χ1v) is 9.29. The third-order valence-corrected chi connectivity index (χ3v) is 3.75. The average molecular weight is 351 g/mol. The van der Waals surface area contributed by atoms with Gasteiger partial charge in [0.05, 0.1) is 5.92 Å². The third kappa shape index (κ3) is 15.4. The highest BCUT2D eigenvalue weighted by molar-refractivity contribution is 6.19. The molecule has 0 aliphatic carbocycles. The van der Waals surface area contributed by atoms with E-state index in [4.69, 9.17) is 16.7 Å². The number of aliphatic carboxylic acids is 1. The van der Waals surface area contributed by atoms with E-state index in [1.165, 1.54) is 0 Å². The van der Waals surface area contributed by atoms with Crippen LogP contribution in [0.3, 0.4) is 0 Å². The first-order valence-electron chi connectivity index (χ1n) is 8.76. The highest BCUT2D eigenvalue weighted by Crippen LogP contribution is 2.09. The monoisotopic (exact) mass is 350 g/mol. The van der Waals surface area contributed by atoms with Gasteiger partial charge >= 0.3 is 5.97 Å². The van der Waals surface area contributed by atoms with Gasteiger partial charge in [-0.2, -0.15) is 0 Å². The molecule has 0 amide bonds. The van der Waals surface area contributed by atoms with Crippen LogP contribution in [0.25, 0.3) is 0 Å². The molecule has 0 heterocycles. The molecule has 0 bridgehead atoms. The second kappa shape index (κ2) is 17.8. The lowest BCUT2D eigenvalue weighted by molar-refractivity contribution is -0.141. The van der Waals surface area contributed by atoms with Crippen molar-refractivity contribution in [3.63, 3.8) is 0 Å². The number of halogens is 1. The Hall–Kier alpha value is -1.54. The minimum Gasteiger partial charge on any atom is -0.481 e. The second-order valence-corrected chi connectivity index (χ2v) is 5.78. The molecule has 0 aliphatic heterocycles. The van der Waals surface area contributed by atoms with Gasteiger partial charge in [0.15, 0.2) is 0 Å². The molecule has 0 aliphatic rings. The maximum Gasteiger partial charge on any atom is 0.307 e. The summed E-state index contributed by atoms with van der Waals surface area (Å²) in [7, 11) is 0. The number of hydrogen-bond acceptors (Lipinski definition) is 1. The van der Waals surface area contributed by atoms with Crippen molar-refractivity contribution < 1.29 is 9.90 Å². The Bertz CT molecular complexity index is 445. The molecule has 0 aromatic carbocycles. The van der Waals surface area contributed by atoms with Crippen molar-refractivity contribution in [3.8, 4) is 0 Å². The zero-order valence-electron chi connectivity index (χ0n) is 14.7. The van der Waals surface area contributed by atoms with Crippen molar-refractivity contribution in [2.75, 3.05) is 5.88 Å². The van der Waals surface area contributed by atoms with E-state index in [0.29, 0.717) is 6.42 Å². The van der Waals surface area contributed by atoms with E-state index in [1.54, 1.807) is 0 Å². The fourth-order valence-electron chi connectivity index (χ4n) is 1.93. The largest absolute Gasteiger partial charge is 0.481 e. The highest BCUT2D eigenvalue weighted by Gasteiger charge is 2.14. The topological polar surface area (TPSA) is 37.3 Å². The second-order valence-electron chi connectivity index (χ2n) is 5.47. The molecular weight excluding hydrogens is 320 g/mol. The van der Waals surface area contributed by atoms with Crippen LogP contribution in [0.15, 0.2) is 60.8 Å². The minimum absolute atomic E-state index is 0.181. The molecule has 0 fully saturated rings. The zero-order valence-corrected chi connectivity index (χ0v) is 15.5. The molecule has 0 spiro atoms. The highest BCUT2D eigenvalue weighted by atomic mass is 35.5. The molecule has 0 saturated carbocycles. The van der Waals surface area contributed by atoms with Crippen molar-refractivity contribution in [1.82, 2.24) is 0 Å². The van der Waals surface area contributed by atoms with Crippen LogP contribution >= 0.6 is 11.6 Å². The van der Waals surface area contributed by atoms with Crippen LogP contribution < -0.4 is 0 Å². The molecule has 0 saturated heterocycles. The van der Waals surface area contributed by atoms with E-state index >= 15 is 0 Å². The lowest BCUT2D eigenvalue weighted by Gasteiger charge is -2.05. The van der Waals surface area contributed by atoms with Crippen LogP contribution in [0.1, 0.15) is 51.9 Å². The van der Waals surface area contributed by atoms with E-state index < -0.39 is 11.9 Å². The Morgan fingerprint density at radius 1 is 0.833 bits per heavy atom. The van der Waals surface area contributed by atoms with Gasteiger partial charge in [0.1, 0.15) is 0 Å². The van der Waals surface area contributed by atoms with Gasteiger partial charge in [-0.25, -0.2) is 0 Å². The van der Waals surface area contributed by atoms with Gasteiger partial charge in [-0.15, -0.1) is 11.6 Å².